The van der Waals surface area contributed by atoms with Crippen molar-refractivity contribution in [3.63, 3.8) is 0 Å². The van der Waals surface area contributed by atoms with Gasteiger partial charge in [0.05, 0.1) is 29.9 Å². The van der Waals surface area contributed by atoms with Crippen LogP contribution in [0.1, 0.15) is 17.0 Å². The lowest BCUT2D eigenvalue weighted by molar-refractivity contribution is -0.143. The Labute approximate surface area is 161 Å². The quantitative estimate of drug-likeness (QED) is 0.600. The molecule has 0 amide bonds. The Morgan fingerprint density at radius 1 is 1.30 bits per heavy atom. The van der Waals surface area contributed by atoms with Crippen molar-refractivity contribution in [1.82, 2.24) is 15.2 Å². The Morgan fingerprint density at radius 2 is 2.07 bits per heavy atom. The van der Waals surface area contributed by atoms with Gasteiger partial charge in [-0.25, -0.2) is 4.98 Å². The van der Waals surface area contributed by atoms with Gasteiger partial charge in [-0.3, -0.25) is 9.89 Å². The van der Waals surface area contributed by atoms with Crippen molar-refractivity contribution in [1.29, 1.82) is 0 Å². The normalized spacial score (nSPS) is 11.6. The second-order valence-electron chi connectivity index (χ2n) is 5.54. The molecular weight excluding hydrogens is 403 g/mol. The summed E-state index contributed by atoms with van der Waals surface area (Å²) in [6.45, 7) is -0.178. The number of alkyl halides is 3. The number of benzene rings is 1. The van der Waals surface area contributed by atoms with Gasteiger partial charge in [0.1, 0.15) is 10.7 Å². The highest BCUT2D eigenvalue weighted by Gasteiger charge is 2.35. The molecule has 2 aromatic heterocycles. The number of carbonyl (C=O) groups excluding carboxylic acids is 1. The van der Waals surface area contributed by atoms with Crippen LogP contribution in [0.15, 0.2) is 35.8 Å². The minimum absolute atomic E-state index is 0.0510. The van der Waals surface area contributed by atoms with Gasteiger partial charge in [-0.05, 0) is 6.07 Å². The molecule has 0 saturated heterocycles. The summed E-state index contributed by atoms with van der Waals surface area (Å²) in [5, 5.41) is 8.25. The summed E-state index contributed by atoms with van der Waals surface area (Å²) >= 11 is 7.47. The highest BCUT2D eigenvalue weighted by Crippen LogP contribution is 2.31. The lowest BCUT2D eigenvalue weighted by Gasteiger charge is -2.07. The first-order valence-electron chi connectivity index (χ1n) is 7.79. The van der Waals surface area contributed by atoms with Crippen LogP contribution in [0.25, 0.3) is 10.6 Å². The van der Waals surface area contributed by atoms with Crippen LogP contribution in [-0.2, 0) is 28.5 Å². The van der Waals surface area contributed by atoms with E-state index in [1.54, 1.807) is 11.4 Å². The molecule has 0 atom stereocenters. The lowest BCUT2D eigenvalue weighted by atomic mass is 10.2. The van der Waals surface area contributed by atoms with Crippen LogP contribution in [0.5, 0.6) is 0 Å². The van der Waals surface area contributed by atoms with Gasteiger partial charge in [-0.15, -0.1) is 11.3 Å². The van der Waals surface area contributed by atoms with Gasteiger partial charge in [-0.1, -0.05) is 29.8 Å². The first kappa shape index (κ1) is 19.4. The molecule has 142 valence electrons. The molecule has 0 saturated carbocycles. The van der Waals surface area contributed by atoms with E-state index in [0.29, 0.717) is 15.7 Å². The molecule has 1 N–H and O–H groups in total. The van der Waals surface area contributed by atoms with Crippen molar-refractivity contribution in [3.05, 3.63) is 57.8 Å². The van der Waals surface area contributed by atoms with Crippen molar-refractivity contribution in [2.45, 2.75) is 19.0 Å². The number of rotatable bonds is 6. The van der Waals surface area contributed by atoms with Gasteiger partial charge in [0.15, 0.2) is 0 Å². The minimum Gasteiger partial charge on any atom is -0.465 e. The number of thiazole rings is 1. The fourth-order valence-electron chi connectivity index (χ4n) is 2.37. The van der Waals surface area contributed by atoms with Crippen molar-refractivity contribution in [3.8, 4) is 10.6 Å². The van der Waals surface area contributed by atoms with Crippen LogP contribution < -0.4 is 0 Å². The lowest BCUT2D eigenvalue weighted by Crippen LogP contribution is -2.13. The molecule has 0 aliphatic rings. The SMILES string of the molecule is O=C(Cc1csc(-c2ccccc2Cl)n1)OCCc1cn[nH]c1C(F)(F)F. The summed E-state index contributed by atoms with van der Waals surface area (Å²) in [4.78, 5) is 16.3. The molecule has 0 unspecified atom stereocenters. The molecule has 0 fully saturated rings. The zero-order valence-electron chi connectivity index (χ0n) is 13.7. The fraction of sp³-hybridized carbons (Fsp3) is 0.235. The molecule has 0 bridgehead atoms. The Bertz CT molecular complexity index is 939. The molecular formula is C17H13ClF3N3O2S. The van der Waals surface area contributed by atoms with E-state index in [1.165, 1.54) is 11.3 Å². The molecule has 2 heterocycles. The summed E-state index contributed by atoms with van der Waals surface area (Å²) in [6.07, 6.45) is -3.60. The van der Waals surface area contributed by atoms with Crippen molar-refractivity contribution >= 4 is 28.9 Å². The Kier molecular flexibility index (Phi) is 5.81. The number of hydrogen-bond donors (Lipinski definition) is 1. The topological polar surface area (TPSA) is 67.9 Å². The van der Waals surface area contributed by atoms with Crippen LogP contribution in [0.3, 0.4) is 0 Å². The van der Waals surface area contributed by atoms with E-state index in [9.17, 15) is 18.0 Å². The third-order valence-electron chi connectivity index (χ3n) is 3.62. The molecule has 1 aromatic carbocycles. The van der Waals surface area contributed by atoms with E-state index in [0.717, 1.165) is 11.8 Å². The molecule has 5 nitrogen and oxygen atoms in total. The number of aromatic amines is 1. The van der Waals surface area contributed by atoms with Crippen molar-refractivity contribution in [2.24, 2.45) is 0 Å². The zero-order chi connectivity index (χ0) is 19.4. The van der Waals surface area contributed by atoms with Gasteiger partial charge < -0.3 is 4.74 Å². The number of ether oxygens (including phenoxy) is 1. The Balaban J connectivity index is 1.54. The van der Waals surface area contributed by atoms with Gasteiger partial charge in [0.25, 0.3) is 0 Å². The third-order valence-corrected chi connectivity index (χ3v) is 4.87. The predicted molar refractivity (Wildman–Crippen MR) is 94.5 cm³/mol. The van der Waals surface area contributed by atoms with E-state index >= 15 is 0 Å². The van der Waals surface area contributed by atoms with Crippen LogP contribution >= 0.6 is 22.9 Å². The predicted octanol–water partition coefficient (Wildman–Crippen LogP) is 4.53. The number of nitrogens with one attached hydrogen (secondary N) is 1. The molecule has 0 aliphatic heterocycles. The number of halogens is 4. The summed E-state index contributed by atoms with van der Waals surface area (Å²) in [5.74, 6) is -0.567. The molecule has 0 radical (unpaired) electrons. The third kappa shape index (κ3) is 4.86. The smallest absolute Gasteiger partial charge is 0.433 e. The second kappa shape index (κ2) is 8.10. The van der Waals surface area contributed by atoms with Crippen molar-refractivity contribution in [2.75, 3.05) is 6.61 Å². The molecule has 3 rings (SSSR count). The van der Waals surface area contributed by atoms with E-state index in [-0.39, 0.29) is 25.0 Å². The van der Waals surface area contributed by atoms with Crippen LogP contribution in [0.2, 0.25) is 5.02 Å². The fourth-order valence-corrected chi connectivity index (χ4v) is 3.51. The van der Waals surface area contributed by atoms with E-state index in [2.05, 4.69) is 10.1 Å². The van der Waals surface area contributed by atoms with Gasteiger partial charge in [0, 0.05) is 22.9 Å². The highest BCUT2D eigenvalue weighted by atomic mass is 35.5. The molecule has 0 aliphatic carbocycles. The molecule has 27 heavy (non-hydrogen) atoms. The van der Waals surface area contributed by atoms with Gasteiger partial charge in [-0.2, -0.15) is 18.3 Å². The first-order chi connectivity index (χ1) is 12.8. The van der Waals surface area contributed by atoms with Gasteiger partial charge >= 0.3 is 12.1 Å². The van der Waals surface area contributed by atoms with E-state index in [4.69, 9.17) is 16.3 Å². The highest BCUT2D eigenvalue weighted by molar-refractivity contribution is 7.13. The number of aromatic nitrogens is 3. The maximum atomic E-state index is 12.7. The monoisotopic (exact) mass is 415 g/mol. The summed E-state index contributed by atoms with van der Waals surface area (Å²) in [7, 11) is 0. The van der Waals surface area contributed by atoms with Crippen molar-refractivity contribution < 1.29 is 22.7 Å². The summed E-state index contributed by atoms with van der Waals surface area (Å²) in [5.41, 5.74) is 0.301. The van der Waals surface area contributed by atoms with Gasteiger partial charge in [0.2, 0.25) is 0 Å². The standard InChI is InChI=1S/C17H13ClF3N3O2S/c18-13-4-2-1-3-12(13)16-23-11(9-27-16)7-14(25)26-6-5-10-8-22-24-15(10)17(19,20)21/h1-4,8-9H,5-7H2,(H,22,24). The van der Waals surface area contributed by atoms with Crippen LogP contribution in [-0.4, -0.2) is 27.8 Å². The van der Waals surface area contributed by atoms with E-state index in [1.807, 2.05) is 23.3 Å². The summed E-state index contributed by atoms with van der Waals surface area (Å²) < 4.78 is 43.2. The van der Waals surface area contributed by atoms with E-state index < -0.39 is 17.8 Å². The average molecular weight is 416 g/mol. The maximum Gasteiger partial charge on any atom is 0.433 e. The molecule has 3 aromatic rings. The molecule has 10 heteroatoms. The number of esters is 1. The van der Waals surface area contributed by atoms with Crippen LogP contribution in [0, 0.1) is 0 Å². The van der Waals surface area contributed by atoms with Crippen LogP contribution in [0.4, 0.5) is 13.2 Å². The number of carbonyl (C=O) groups is 1. The Morgan fingerprint density at radius 3 is 2.81 bits per heavy atom. The average Bonchev–Trinajstić information content (AvgIpc) is 3.24. The maximum absolute atomic E-state index is 12.7. The molecule has 0 spiro atoms. The minimum atomic E-state index is -4.52. The Hall–Kier alpha value is -2.39. The number of nitrogens with zero attached hydrogens (tertiary/aromatic N) is 2. The zero-order valence-corrected chi connectivity index (χ0v) is 15.3. The summed E-state index contributed by atoms with van der Waals surface area (Å²) in [6, 6.07) is 7.22. The number of H-pyrrole nitrogens is 1. The largest absolute Gasteiger partial charge is 0.465 e. The second-order valence-corrected chi connectivity index (χ2v) is 6.80. The number of hydrogen-bond acceptors (Lipinski definition) is 5. The first-order valence-corrected chi connectivity index (χ1v) is 9.04.